The quantitative estimate of drug-likeness (QED) is 0.805. The van der Waals surface area contributed by atoms with Gasteiger partial charge in [-0.1, -0.05) is 23.2 Å². The van der Waals surface area contributed by atoms with Crippen LogP contribution in [0.2, 0.25) is 10.0 Å². The highest BCUT2D eigenvalue weighted by Gasteiger charge is 2.30. The molecule has 0 radical (unpaired) electrons. The number of hydrogen-bond acceptors (Lipinski definition) is 5. The number of hydrogen-bond donors (Lipinski definition) is 1. The lowest BCUT2D eigenvalue weighted by Crippen LogP contribution is -2.17. The van der Waals surface area contributed by atoms with Crippen molar-refractivity contribution in [3.05, 3.63) is 45.1 Å². The van der Waals surface area contributed by atoms with E-state index in [1.807, 2.05) is 0 Å². The van der Waals surface area contributed by atoms with Crippen LogP contribution in [0.5, 0.6) is 5.75 Å². The Balaban J connectivity index is 2.27. The summed E-state index contributed by atoms with van der Waals surface area (Å²) in [7, 11) is 1.28. The molecule has 1 N–H and O–H groups in total. The van der Waals surface area contributed by atoms with Gasteiger partial charge in [-0.3, -0.25) is 4.98 Å². The molecule has 0 amide bonds. The van der Waals surface area contributed by atoms with Gasteiger partial charge >= 0.3 is 5.97 Å². The number of benzene rings is 1. The van der Waals surface area contributed by atoms with Gasteiger partial charge in [0.25, 0.3) is 0 Å². The summed E-state index contributed by atoms with van der Waals surface area (Å²) in [6.45, 7) is 1.68. The summed E-state index contributed by atoms with van der Waals surface area (Å²) in [6.07, 6.45) is -1.28. The minimum atomic E-state index is -1.28. The van der Waals surface area contributed by atoms with Crippen LogP contribution in [0, 0.1) is 6.92 Å². The zero-order chi connectivity index (χ0) is 16.0. The summed E-state index contributed by atoms with van der Waals surface area (Å²) < 4.78 is 10.1. The second-order valence-corrected chi connectivity index (χ2v) is 5.63. The summed E-state index contributed by atoms with van der Waals surface area (Å²) in [5.41, 5.74) is 2.14. The number of nitrogens with zero attached hydrogens (tertiary/aromatic N) is 1. The summed E-state index contributed by atoms with van der Waals surface area (Å²) >= 11 is 12.1. The van der Waals surface area contributed by atoms with Gasteiger partial charge < -0.3 is 14.6 Å². The molecule has 0 unspecified atom stereocenters. The molecular weight excluding hydrogens is 329 g/mol. The first-order valence-corrected chi connectivity index (χ1v) is 7.12. The Morgan fingerprint density at radius 1 is 1.36 bits per heavy atom. The number of fused-ring (bicyclic) bond motifs is 3. The van der Waals surface area contributed by atoms with E-state index in [0.29, 0.717) is 33.3 Å². The van der Waals surface area contributed by atoms with Crippen LogP contribution in [0.1, 0.15) is 27.9 Å². The van der Waals surface area contributed by atoms with Crippen LogP contribution < -0.4 is 4.74 Å². The molecule has 1 aromatic heterocycles. The molecule has 0 bridgehead atoms. The maximum absolute atomic E-state index is 11.8. The fourth-order valence-electron chi connectivity index (χ4n) is 2.37. The zero-order valence-electron chi connectivity index (χ0n) is 11.7. The van der Waals surface area contributed by atoms with Crippen molar-refractivity contribution in [3.63, 3.8) is 0 Å². The Bertz CT molecular complexity index is 792. The number of carbonyl (C=O) groups is 1. The number of rotatable bonds is 1. The van der Waals surface area contributed by atoms with E-state index in [0.717, 1.165) is 0 Å². The Morgan fingerprint density at radius 2 is 2.09 bits per heavy atom. The van der Waals surface area contributed by atoms with Gasteiger partial charge in [0.15, 0.2) is 5.75 Å². The van der Waals surface area contributed by atoms with Gasteiger partial charge in [-0.2, -0.15) is 0 Å². The van der Waals surface area contributed by atoms with Crippen molar-refractivity contribution in [2.24, 2.45) is 0 Å². The first-order valence-electron chi connectivity index (χ1n) is 6.36. The summed E-state index contributed by atoms with van der Waals surface area (Å²) in [5.74, 6) is -0.223. The molecule has 0 saturated carbocycles. The molecule has 1 aliphatic rings. The van der Waals surface area contributed by atoms with Crippen molar-refractivity contribution < 1.29 is 19.4 Å². The Labute approximate surface area is 136 Å². The predicted octanol–water partition coefficient (Wildman–Crippen LogP) is 3.53. The molecule has 114 valence electrons. The highest BCUT2D eigenvalue weighted by atomic mass is 35.5. The van der Waals surface area contributed by atoms with E-state index in [9.17, 15) is 9.90 Å². The topological polar surface area (TPSA) is 68.7 Å². The van der Waals surface area contributed by atoms with E-state index in [-0.39, 0.29) is 10.6 Å². The van der Waals surface area contributed by atoms with Crippen molar-refractivity contribution in [2.75, 3.05) is 7.11 Å². The van der Waals surface area contributed by atoms with Gasteiger partial charge in [0.1, 0.15) is 0 Å². The number of esters is 1. The molecular formula is C15H11Cl2NO4. The number of methoxy groups -OCH3 is 1. The summed E-state index contributed by atoms with van der Waals surface area (Å²) in [5, 5.41) is 10.9. The number of pyridine rings is 1. The zero-order valence-corrected chi connectivity index (χ0v) is 13.2. The number of aliphatic hydroxyl groups excluding tert-OH is 1. The molecule has 2 aromatic rings. The third-order valence-electron chi connectivity index (χ3n) is 3.41. The highest BCUT2D eigenvalue weighted by Crippen LogP contribution is 2.46. The van der Waals surface area contributed by atoms with Crippen molar-refractivity contribution in [1.82, 2.24) is 4.98 Å². The van der Waals surface area contributed by atoms with Crippen LogP contribution in [0.15, 0.2) is 18.2 Å². The van der Waals surface area contributed by atoms with Crippen molar-refractivity contribution in [2.45, 2.75) is 13.2 Å². The minimum absolute atomic E-state index is 0.264. The molecule has 0 fully saturated rings. The van der Waals surface area contributed by atoms with Crippen LogP contribution in [0.3, 0.4) is 0 Å². The SMILES string of the molecule is COC(=O)c1cc2c(nc1C)-c1cc(Cl)cc(Cl)c1O[C@@H]2O. The molecule has 0 spiro atoms. The monoisotopic (exact) mass is 339 g/mol. The number of ether oxygens (including phenoxy) is 2. The lowest BCUT2D eigenvalue weighted by atomic mass is 9.99. The van der Waals surface area contributed by atoms with Gasteiger partial charge in [0.05, 0.1) is 29.1 Å². The van der Waals surface area contributed by atoms with E-state index < -0.39 is 12.3 Å². The number of aliphatic hydroxyl groups is 1. The van der Waals surface area contributed by atoms with Crippen LogP contribution >= 0.6 is 23.2 Å². The van der Waals surface area contributed by atoms with Gasteiger partial charge in [-0.15, -0.1) is 0 Å². The van der Waals surface area contributed by atoms with Crippen LogP contribution in [0.4, 0.5) is 0 Å². The molecule has 1 aliphatic heterocycles. The first kappa shape index (κ1) is 15.1. The Morgan fingerprint density at radius 3 is 2.77 bits per heavy atom. The lowest BCUT2D eigenvalue weighted by Gasteiger charge is -2.26. The smallest absolute Gasteiger partial charge is 0.339 e. The molecule has 22 heavy (non-hydrogen) atoms. The second kappa shape index (κ2) is 5.43. The van der Waals surface area contributed by atoms with Gasteiger partial charge in [0.2, 0.25) is 6.29 Å². The summed E-state index contributed by atoms with van der Waals surface area (Å²) in [4.78, 5) is 16.2. The maximum Gasteiger partial charge on any atom is 0.339 e. The van der Waals surface area contributed by atoms with Gasteiger partial charge in [-0.25, -0.2) is 4.79 Å². The third-order valence-corrected chi connectivity index (χ3v) is 3.91. The minimum Gasteiger partial charge on any atom is -0.465 e. The van der Waals surface area contributed by atoms with Crippen LogP contribution in [0.25, 0.3) is 11.3 Å². The number of aryl methyl sites for hydroxylation is 1. The van der Waals surface area contributed by atoms with Crippen molar-refractivity contribution in [1.29, 1.82) is 0 Å². The normalized spacial score (nSPS) is 15.6. The van der Waals surface area contributed by atoms with Gasteiger partial charge in [0, 0.05) is 16.1 Å². The molecule has 1 atom stereocenters. The van der Waals surface area contributed by atoms with Crippen molar-refractivity contribution >= 4 is 29.2 Å². The first-order chi connectivity index (χ1) is 10.4. The molecule has 0 saturated heterocycles. The van der Waals surface area contributed by atoms with E-state index in [1.54, 1.807) is 13.0 Å². The maximum atomic E-state index is 11.8. The van der Waals surface area contributed by atoms with Gasteiger partial charge in [-0.05, 0) is 25.1 Å². The highest BCUT2D eigenvalue weighted by molar-refractivity contribution is 6.36. The number of aromatic nitrogens is 1. The molecule has 7 heteroatoms. The van der Waals surface area contributed by atoms with E-state index >= 15 is 0 Å². The van der Waals surface area contributed by atoms with E-state index in [2.05, 4.69) is 4.98 Å². The van der Waals surface area contributed by atoms with Crippen molar-refractivity contribution in [3.8, 4) is 17.0 Å². The molecule has 2 heterocycles. The number of halogens is 2. The molecule has 5 nitrogen and oxygen atoms in total. The molecule has 1 aromatic carbocycles. The van der Waals surface area contributed by atoms with Crippen LogP contribution in [-0.2, 0) is 4.74 Å². The second-order valence-electron chi connectivity index (χ2n) is 4.79. The third kappa shape index (κ3) is 2.31. The lowest BCUT2D eigenvalue weighted by molar-refractivity contribution is -0.0216. The van der Waals surface area contributed by atoms with E-state index in [1.165, 1.54) is 19.2 Å². The van der Waals surface area contributed by atoms with E-state index in [4.69, 9.17) is 32.7 Å². The average molecular weight is 340 g/mol. The Kier molecular flexibility index (Phi) is 3.72. The largest absolute Gasteiger partial charge is 0.465 e. The summed E-state index contributed by atoms with van der Waals surface area (Å²) in [6, 6.07) is 4.68. The van der Waals surface area contributed by atoms with Crippen LogP contribution in [-0.4, -0.2) is 23.2 Å². The fraction of sp³-hybridized carbons (Fsp3) is 0.200. The average Bonchev–Trinajstić information content (AvgIpc) is 2.47. The molecule has 0 aliphatic carbocycles. The molecule has 3 rings (SSSR count). The fourth-order valence-corrected chi connectivity index (χ4v) is 2.91. The number of carbonyl (C=O) groups excluding carboxylic acids is 1. The predicted molar refractivity (Wildman–Crippen MR) is 81.4 cm³/mol. The Hall–Kier alpha value is -1.82. The standard InChI is InChI=1S/C15H11Cl2NO4/c1-6-8(14(19)21-2)5-10-12(18-6)9-3-7(16)4-11(17)13(9)22-15(10)20/h3-5,15,20H,1-2H3/t15-/m0/s1.